The Kier molecular flexibility index (Phi) is 5.80. The molecule has 23 heavy (non-hydrogen) atoms. The van der Waals surface area contributed by atoms with Crippen LogP contribution in [0, 0.1) is 17.8 Å². The number of amides is 1. The minimum absolute atomic E-state index is 0.0526. The van der Waals surface area contributed by atoms with E-state index >= 15 is 0 Å². The van der Waals surface area contributed by atoms with Gasteiger partial charge in [0.05, 0.1) is 5.69 Å². The molecule has 3 atom stereocenters. The molecule has 0 radical (unpaired) electrons. The van der Waals surface area contributed by atoms with E-state index in [1.165, 1.54) is 13.3 Å². The van der Waals surface area contributed by atoms with Crippen LogP contribution in [0.4, 0.5) is 10.5 Å². The molecule has 1 aliphatic rings. The zero-order chi connectivity index (χ0) is 17.0. The van der Waals surface area contributed by atoms with Gasteiger partial charge in [0.2, 0.25) is 0 Å². The van der Waals surface area contributed by atoms with Crippen molar-refractivity contribution in [3.63, 3.8) is 0 Å². The fraction of sp³-hybridized carbons (Fsp3) is 0.579. The van der Waals surface area contributed by atoms with Crippen LogP contribution in [-0.2, 0) is 4.74 Å². The van der Waals surface area contributed by atoms with E-state index in [0.717, 1.165) is 12.8 Å². The summed E-state index contributed by atoms with van der Waals surface area (Å²) >= 11 is 0. The van der Waals surface area contributed by atoms with Crippen LogP contribution in [-0.4, -0.2) is 18.0 Å². The van der Waals surface area contributed by atoms with Gasteiger partial charge < -0.3 is 4.74 Å². The number of hydrogen-bond donors (Lipinski definition) is 1. The fourth-order valence-electron chi connectivity index (χ4n) is 3.43. The first-order valence-corrected chi connectivity index (χ1v) is 8.46. The highest BCUT2D eigenvalue weighted by Gasteiger charge is 2.33. The number of hydrogen-bond acceptors (Lipinski definition) is 3. The Morgan fingerprint density at radius 2 is 1.91 bits per heavy atom. The summed E-state index contributed by atoms with van der Waals surface area (Å²) in [5.41, 5.74) is 1.01. The Bertz CT molecular complexity index is 567. The molecule has 1 saturated carbocycles. The lowest BCUT2D eigenvalue weighted by molar-refractivity contribution is 0.0126. The molecule has 126 valence electrons. The minimum atomic E-state index is -0.469. The van der Waals surface area contributed by atoms with Gasteiger partial charge in [-0.15, -0.1) is 0 Å². The topological polar surface area (TPSA) is 55.4 Å². The van der Waals surface area contributed by atoms with Gasteiger partial charge in [-0.05, 0) is 49.7 Å². The van der Waals surface area contributed by atoms with Gasteiger partial charge in [-0.1, -0.05) is 39.3 Å². The highest BCUT2D eigenvalue weighted by Crippen LogP contribution is 2.35. The SMILES string of the molecule is CC(=O)c1ccccc1NC(=O)OC1CC(C)CCC1C(C)C. The van der Waals surface area contributed by atoms with E-state index in [4.69, 9.17) is 4.74 Å². The molecule has 1 aliphatic carbocycles. The van der Waals surface area contributed by atoms with E-state index in [2.05, 4.69) is 26.1 Å². The number of para-hydroxylation sites is 1. The maximum absolute atomic E-state index is 12.3. The van der Waals surface area contributed by atoms with Crippen molar-refractivity contribution in [2.45, 2.75) is 53.1 Å². The van der Waals surface area contributed by atoms with Crippen molar-refractivity contribution in [1.82, 2.24) is 0 Å². The maximum atomic E-state index is 12.3. The van der Waals surface area contributed by atoms with Crippen LogP contribution in [0.2, 0.25) is 0 Å². The lowest BCUT2D eigenvalue weighted by Crippen LogP contribution is -2.37. The quantitative estimate of drug-likeness (QED) is 0.804. The highest BCUT2D eigenvalue weighted by molar-refractivity contribution is 6.02. The monoisotopic (exact) mass is 317 g/mol. The summed E-state index contributed by atoms with van der Waals surface area (Å²) in [4.78, 5) is 23.9. The van der Waals surface area contributed by atoms with Crippen LogP contribution in [0.15, 0.2) is 24.3 Å². The fourth-order valence-corrected chi connectivity index (χ4v) is 3.43. The molecule has 1 fully saturated rings. The van der Waals surface area contributed by atoms with Gasteiger partial charge in [0.1, 0.15) is 6.10 Å². The van der Waals surface area contributed by atoms with Crippen molar-refractivity contribution in [2.24, 2.45) is 17.8 Å². The summed E-state index contributed by atoms with van der Waals surface area (Å²) in [6, 6.07) is 7.01. The Morgan fingerprint density at radius 3 is 2.57 bits per heavy atom. The molecule has 4 nitrogen and oxygen atoms in total. The minimum Gasteiger partial charge on any atom is -0.446 e. The Morgan fingerprint density at radius 1 is 1.22 bits per heavy atom. The molecule has 1 aromatic rings. The summed E-state index contributed by atoms with van der Waals surface area (Å²) in [5, 5.41) is 2.73. The molecule has 0 aromatic heterocycles. The van der Waals surface area contributed by atoms with Crippen LogP contribution >= 0.6 is 0 Å². The molecule has 1 aromatic carbocycles. The zero-order valence-corrected chi connectivity index (χ0v) is 14.5. The molecular weight excluding hydrogens is 290 g/mol. The molecule has 4 heteroatoms. The van der Waals surface area contributed by atoms with Gasteiger partial charge in [-0.3, -0.25) is 10.1 Å². The van der Waals surface area contributed by atoms with Crippen molar-refractivity contribution < 1.29 is 14.3 Å². The number of anilines is 1. The van der Waals surface area contributed by atoms with E-state index in [1.807, 2.05) is 0 Å². The van der Waals surface area contributed by atoms with E-state index in [1.54, 1.807) is 24.3 Å². The van der Waals surface area contributed by atoms with Crippen LogP contribution < -0.4 is 5.32 Å². The molecule has 1 amide bonds. The van der Waals surface area contributed by atoms with Crippen molar-refractivity contribution in [3.05, 3.63) is 29.8 Å². The molecule has 0 saturated heterocycles. The van der Waals surface area contributed by atoms with Crippen molar-refractivity contribution in [1.29, 1.82) is 0 Å². The first kappa shape index (κ1) is 17.5. The average Bonchev–Trinajstić information content (AvgIpc) is 2.47. The first-order valence-electron chi connectivity index (χ1n) is 8.46. The Labute approximate surface area is 138 Å². The summed E-state index contributed by atoms with van der Waals surface area (Å²) in [5.74, 6) is 1.39. The summed E-state index contributed by atoms with van der Waals surface area (Å²) in [6.45, 7) is 8.05. The Hall–Kier alpha value is -1.84. The lowest BCUT2D eigenvalue weighted by Gasteiger charge is -2.36. The second kappa shape index (κ2) is 7.62. The largest absolute Gasteiger partial charge is 0.446 e. The second-order valence-corrected chi connectivity index (χ2v) is 7.00. The number of carbonyl (C=O) groups is 2. The normalized spacial score (nSPS) is 24.3. The molecule has 0 spiro atoms. The lowest BCUT2D eigenvalue weighted by atomic mass is 9.75. The molecule has 0 bridgehead atoms. The van der Waals surface area contributed by atoms with Crippen molar-refractivity contribution in [2.75, 3.05) is 5.32 Å². The number of rotatable bonds is 4. The van der Waals surface area contributed by atoms with E-state index < -0.39 is 6.09 Å². The maximum Gasteiger partial charge on any atom is 0.411 e. The molecule has 1 N–H and O–H groups in total. The smallest absolute Gasteiger partial charge is 0.411 e. The number of ether oxygens (including phenoxy) is 1. The van der Waals surface area contributed by atoms with Gasteiger partial charge in [0, 0.05) is 5.56 Å². The summed E-state index contributed by atoms with van der Waals surface area (Å²) in [6.07, 6.45) is 2.68. The highest BCUT2D eigenvalue weighted by atomic mass is 16.6. The standard InChI is InChI=1S/C19H27NO3/c1-12(2)15-10-9-13(3)11-18(15)23-19(22)20-17-8-6-5-7-16(17)14(4)21/h5-8,12-13,15,18H,9-11H2,1-4H3,(H,20,22). The van der Waals surface area contributed by atoms with Crippen LogP contribution in [0.25, 0.3) is 0 Å². The van der Waals surface area contributed by atoms with Crippen molar-refractivity contribution >= 4 is 17.6 Å². The van der Waals surface area contributed by atoms with Gasteiger partial charge in [0.15, 0.2) is 5.78 Å². The zero-order valence-electron chi connectivity index (χ0n) is 14.5. The van der Waals surface area contributed by atoms with E-state index in [-0.39, 0.29) is 11.9 Å². The molecule has 0 heterocycles. The van der Waals surface area contributed by atoms with Crippen LogP contribution in [0.5, 0.6) is 0 Å². The van der Waals surface area contributed by atoms with Crippen LogP contribution in [0.1, 0.15) is 57.3 Å². The van der Waals surface area contributed by atoms with Crippen molar-refractivity contribution in [3.8, 4) is 0 Å². The van der Waals surface area contributed by atoms with E-state index in [9.17, 15) is 9.59 Å². The second-order valence-electron chi connectivity index (χ2n) is 7.00. The van der Waals surface area contributed by atoms with E-state index in [0.29, 0.717) is 29.0 Å². The van der Waals surface area contributed by atoms with Gasteiger partial charge >= 0.3 is 6.09 Å². The predicted molar refractivity (Wildman–Crippen MR) is 91.7 cm³/mol. The number of nitrogens with one attached hydrogen (secondary N) is 1. The molecule has 2 rings (SSSR count). The predicted octanol–water partition coefficient (Wildman–Crippen LogP) is 4.90. The summed E-state index contributed by atoms with van der Waals surface area (Å²) in [7, 11) is 0. The molecular formula is C19H27NO3. The number of benzene rings is 1. The Balaban J connectivity index is 2.05. The van der Waals surface area contributed by atoms with Crippen LogP contribution in [0.3, 0.4) is 0 Å². The third-order valence-electron chi connectivity index (χ3n) is 4.76. The van der Waals surface area contributed by atoms with Gasteiger partial charge in [-0.25, -0.2) is 4.79 Å². The average molecular weight is 317 g/mol. The number of carbonyl (C=O) groups excluding carboxylic acids is 2. The molecule has 3 unspecified atom stereocenters. The third-order valence-corrected chi connectivity index (χ3v) is 4.76. The van der Waals surface area contributed by atoms with Gasteiger partial charge in [-0.2, -0.15) is 0 Å². The first-order chi connectivity index (χ1) is 10.9. The number of ketones is 1. The number of Topliss-reactive ketones (excluding diaryl/α,β-unsaturated/α-hetero) is 1. The third kappa shape index (κ3) is 4.57. The summed E-state index contributed by atoms with van der Waals surface area (Å²) < 4.78 is 5.71. The molecule has 0 aliphatic heterocycles. The van der Waals surface area contributed by atoms with Gasteiger partial charge in [0.25, 0.3) is 0 Å².